The number of hydrogen-bond donors (Lipinski definition) is 2. The summed E-state index contributed by atoms with van der Waals surface area (Å²) >= 11 is 0. The maximum Gasteiger partial charge on any atom is 0.310 e. The van der Waals surface area contributed by atoms with Crippen LogP contribution in [0.5, 0.6) is 0 Å². The summed E-state index contributed by atoms with van der Waals surface area (Å²) in [6, 6.07) is 3.65. The minimum atomic E-state index is -0.841. The molecule has 1 saturated carbocycles. The summed E-state index contributed by atoms with van der Waals surface area (Å²) in [5.41, 5.74) is -0.839. The number of hydrogen-bond acceptors (Lipinski definition) is 3. The molecule has 0 saturated heterocycles. The third-order valence-electron chi connectivity index (χ3n) is 3.79. The van der Waals surface area contributed by atoms with Crippen LogP contribution >= 0.6 is 0 Å². The SMILES string of the molecule is O=C(CC1(C(=O)O)CCCC1)NCCc1ccco1. The lowest BCUT2D eigenvalue weighted by Gasteiger charge is -2.22. The fourth-order valence-electron chi connectivity index (χ4n) is 2.67. The number of amides is 1. The summed E-state index contributed by atoms with van der Waals surface area (Å²) in [7, 11) is 0. The average Bonchev–Trinajstić information content (AvgIpc) is 3.00. The van der Waals surface area contributed by atoms with E-state index in [2.05, 4.69) is 5.32 Å². The van der Waals surface area contributed by atoms with E-state index in [0.717, 1.165) is 18.6 Å². The molecule has 0 atom stereocenters. The maximum atomic E-state index is 11.8. The molecule has 0 spiro atoms. The van der Waals surface area contributed by atoms with Crippen molar-refractivity contribution in [3.05, 3.63) is 24.2 Å². The lowest BCUT2D eigenvalue weighted by Crippen LogP contribution is -2.36. The number of nitrogens with one attached hydrogen (secondary N) is 1. The second-order valence-corrected chi connectivity index (χ2v) is 5.15. The van der Waals surface area contributed by atoms with Gasteiger partial charge < -0.3 is 14.8 Å². The van der Waals surface area contributed by atoms with Gasteiger partial charge in [0.1, 0.15) is 5.76 Å². The standard InChI is InChI=1S/C14H19NO4/c16-12(15-8-5-11-4-3-9-19-11)10-14(13(17)18)6-1-2-7-14/h3-4,9H,1-2,5-8,10H2,(H,15,16)(H,17,18). The molecule has 0 aromatic carbocycles. The molecule has 1 aromatic heterocycles. The van der Waals surface area contributed by atoms with Gasteiger partial charge in [0.05, 0.1) is 11.7 Å². The molecule has 5 nitrogen and oxygen atoms in total. The van der Waals surface area contributed by atoms with E-state index >= 15 is 0 Å². The van der Waals surface area contributed by atoms with Crippen molar-refractivity contribution in [2.24, 2.45) is 5.41 Å². The van der Waals surface area contributed by atoms with Crippen LogP contribution in [0, 0.1) is 5.41 Å². The van der Waals surface area contributed by atoms with Gasteiger partial charge in [-0.15, -0.1) is 0 Å². The van der Waals surface area contributed by atoms with Crippen LogP contribution in [0.2, 0.25) is 0 Å². The molecule has 1 aromatic rings. The van der Waals surface area contributed by atoms with Gasteiger partial charge in [0.25, 0.3) is 0 Å². The van der Waals surface area contributed by atoms with Gasteiger partial charge in [0, 0.05) is 19.4 Å². The zero-order chi connectivity index (χ0) is 13.7. The molecule has 0 aliphatic heterocycles. The smallest absolute Gasteiger partial charge is 0.310 e. The van der Waals surface area contributed by atoms with Gasteiger partial charge in [-0.2, -0.15) is 0 Å². The van der Waals surface area contributed by atoms with E-state index in [1.54, 1.807) is 12.3 Å². The zero-order valence-corrected chi connectivity index (χ0v) is 10.9. The Morgan fingerprint density at radius 2 is 2.11 bits per heavy atom. The zero-order valence-electron chi connectivity index (χ0n) is 10.9. The number of carboxylic acids is 1. The van der Waals surface area contributed by atoms with Crippen LogP contribution in [-0.2, 0) is 16.0 Å². The first kappa shape index (κ1) is 13.6. The molecule has 1 aliphatic rings. The van der Waals surface area contributed by atoms with Crippen molar-refractivity contribution in [3.63, 3.8) is 0 Å². The Bertz CT molecular complexity index is 432. The van der Waals surface area contributed by atoms with Crippen LogP contribution < -0.4 is 5.32 Å². The fourth-order valence-corrected chi connectivity index (χ4v) is 2.67. The van der Waals surface area contributed by atoms with Crippen molar-refractivity contribution in [3.8, 4) is 0 Å². The normalized spacial score (nSPS) is 17.3. The Balaban J connectivity index is 1.78. The van der Waals surface area contributed by atoms with Crippen molar-refractivity contribution in [1.29, 1.82) is 0 Å². The van der Waals surface area contributed by atoms with E-state index < -0.39 is 11.4 Å². The van der Waals surface area contributed by atoms with E-state index in [1.165, 1.54) is 0 Å². The molecule has 1 heterocycles. The average molecular weight is 265 g/mol. The van der Waals surface area contributed by atoms with Crippen LogP contribution in [0.3, 0.4) is 0 Å². The van der Waals surface area contributed by atoms with Crippen molar-refractivity contribution in [2.45, 2.75) is 38.5 Å². The summed E-state index contributed by atoms with van der Waals surface area (Å²) in [6.45, 7) is 0.474. The van der Waals surface area contributed by atoms with Gasteiger partial charge in [0.15, 0.2) is 0 Å². The summed E-state index contributed by atoms with van der Waals surface area (Å²) in [5.74, 6) is -0.212. The van der Waals surface area contributed by atoms with Gasteiger partial charge >= 0.3 is 5.97 Å². The monoisotopic (exact) mass is 265 g/mol. The minimum Gasteiger partial charge on any atom is -0.481 e. The molecule has 0 radical (unpaired) electrons. The van der Waals surface area contributed by atoms with Gasteiger partial charge in [-0.25, -0.2) is 0 Å². The summed E-state index contributed by atoms with van der Waals surface area (Å²) < 4.78 is 5.16. The topological polar surface area (TPSA) is 79.5 Å². The van der Waals surface area contributed by atoms with Crippen molar-refractivity contribution in [2.75, 3.05) is 6.54 Å². The Morgan fingerprint density at radius 1 is 1.37 bits per heavy atom. The quantitative estimate of drug-likeness (QED) is 0.824. The summed E-state index contributed by atoms with van der Waals surface area (Å²) in [4.78, 5) is 23.2. The van der Waals surface area contributed by atoms with E-state index in [9.17, 15) is 14.7 Å². The third kappa shape index (κ3) is 3.36. The molecular formula is C14H19NO4. The number of carbonyl (C=O) groups is 2. The number of rotatable bonds is 6. The van der Waals surface area contributed by atoms with Gasteiger partial charge in [-0.1, -0.05) is 12.8 Å². The highest BCUT2D eigenvalue weighted by Crippen LogP contribution is 2.41. The predicted molar refractivity (Wildman–Crippen MR) is 68.6 cm³/mol. The van der Waals surface area contributed by atoms with Crippen LogP contribution in [0.1, 0.15) is 37.9 Å². The molecule has 1 aliphatic carbocycles. The second-order valence-electron chi connectivity index (χ2n) is 5.15. The second kappa shape index (κ2) is 5.91. The van der Waals surface area contributed by atoms with Crippen molar-refractivity contribution in [1.82, 2.24) is 5.32 Å². The third-order valence-corrected chi connectivity index (χ3v) is 3.79. The first-order chi connectivity index (χ1) is 9.12. The highest BCUT2D eigenvalue weighted by atomic mass is 16.4. The Labute approximate surface area is 112 Å². The van der Waals surface area contributed by atoms with E-state index in [-0.39, 0.29) is 12.3 Å². The molecule has 0 bridgehead atoms. The Kier molecular flexibility index (Phi) is 4.24. The predicted octanol–water partition coefficient (Wildman–Crippen LogP) is 1.97. The highest BCUT2D eigenvalue weighted by molar-refractivity contribution is 5.85. The van der Waals surface area contributed by atoms with Crippen LogP contribution in [0.15, 0.2) is 22.8 Å². The fraction of sp³-hybridized carbons (Fsp3) is 0.571. The van der Waals surface area contributed by atoms with Crippen molar-refractivity contribution >= 4 is 11.9 Å². The van der Waals surface area contributed by atoms with Crippen LogP contribution in [0.25, 0.3) is 0 Å². The molecule has 1 amide bonds. The van der Waals surface area contributed by atoms with Gasteiger partial charge in [0.2, 0.25) is 5.91 Å². The van der Waals surface area contributed by atoms with Gasteiger partial charge in [-0.05, 0) is 25.0 Å². The lowest BCUT2D eigenvalue weighted by molar-refractivity contribution is -0.151. The van der Waals surface area contributed by atoms with Gasteiger partial charge in [-0.3, -0.25) is 9.59 Å². The Morgan fingerprint density at radius 3 is 2.68 bits per heavy atom. The molecular weight excluding hydrogens is 246 g/mol. The first-order valence-corrected chi connectivity index (χ1v) is 6.65. The van der Waals surface area contributed by atoms with Crippen LogP contribution in [-0.4, -0.2) is 23.5 Å². The number of carboxylic acid groups (broad SMARTS) is 1. The van der Waals surface area contributed by atoms with E-state index in [1.807, 2.05) is 6.07 Å². The molecule has 19 heavy (non-hydrogen) atoms. The van der Waals surface area contributed by atoms with Crippen LogP contribution in [0.4, 0.5) is 0 Å². The number of carbonyl (C=O) groups excluding carboxylic acids is 1. The molecule has 1 fully saturated rings. The van der Waals surface area contributed by atoms with Crippen molar-refractivity contribution < 1.29 is 19.1 Å². The first-order valence-electron chi connectivity index (χ1n) is 6.65. The summed E-state index contributed by atoms with van der Waals surface area (Å²) in [5, 5.41) is 12.1. The van der Waals surface area contributed by atoms with E-state index in [0.29, 0.717) is 25.8 Å². The number of furan rings is 1. The highest BCUT2D eigenvalue weighted by Gasteiger charge is 2.42. The molecule has 104 valence electrons. The minimum absolute atomic E-state index is 0.0838. The molecule has 0 unspecified atom stereocenters. The molecule has 2 N–H and O–H groups in total. The Hall–Kier alpha value is -1.78. The largest absolute Gasteiger partial charge is 0.481 e. The molecule has 2 rings (SSSR count). The summed E-state index contributed by atoms with van der Waals surface area (Å²) in [6.07, 6.45) is 5.30. The number of aliphatic carboxylic acids is 1. The maximum absolute atomic E-state index is 11.8. The molecule has 5 heteroatoms. The van der Waals surface area contributed by atoms with E-state index in [4.69, 9.17) is 4.42 Å². The lowest BCUT2D eigenvalue weighted by atomic mass is 9.82.